The number of sulfonamides is 1. The summed E-state index contributed by atoms with van der Waals surface area (Å²) in [6.07, 6.45) is 1.54. The number of hydrogen-bond acceptors (Lipinski definition) is 4. The van der Waals surface area contributed by atoms with Crippen LogP contribution in [0.3, 0.4) is 0 Å². The van der Waals surface area contributed by atoms with Crippen LogP contribution < -0.4 is 4.72 Å². The van der Waals surface area contributed by atoms with Crippen molar-refractivity contribution in [3.8, 4) is 0 Å². The molecular formula is C14H19NO5S. The van der Waals surface area contributed by atoms with Gasteiger partial charge in [-0.15, -0.1) is 0 Å². The molecule has 1 aromatic carbocycles. The lowest BCUT2D eigenvalue weighted by Crippen LogP contribution is -2.51. The number of carbonyl (C=O) groups is 1. The number of ether oxygens (including phenoxy) is 1. The monoisotopic (exact) mass is 313 g/mol. The van der Waals surface area contributed by atoms with Gasteiger partial charge in [0.1, 0.15) is 0 Å². The van der Waals surface area contributed by atoms with E-state index in [1.165, 1.54) is 12.1 Å². The van der Waals surface area contributed by atoms with Crippen LogP contribution in [0.25, 0.3) is 0 Å². The Morgan fingerprint density at radius 1 is 1.48 bits per heavy atom. The molecule has 7 heteroatoms. The number of carboxylic acid groups (broad SMARTS) is 1. The lowest BCUT2D eigenvalue weighted by molar-refractivity contribution is 0.0386. The van der Waals surface area contributed by atoms with Gasteiger partial charge in [-0.3, -0.25) is 0 Å². The number of hydrogen-bond donors (Lipinski definition) is 2. The molecular weight excluding hydrogens is 294 g/mol. The predicted molar refractivity (Wildman–Crippen MR) is 77.6 cm³/mol. The number of rotatable bonds is 5. The highest BCUT2D eigenvalue weighted by Crippen LogP contribution is 2.20. The number of carboxylic acids is 1. The first-order chi connectivity index (χ1) is 9.80. The fourth-order valence-corrected chi connectivity index (χ4v) is 4.04. The van der Waals surface area contributed by atoms with E-state index in [2.05, 4.69) is 4.72 Å². The van der Waals surface area contributed by atoms with Gasteiger partial charge in [-0.25, -0.2) is 17.9 Å². The molecule has 0 radical (unpaired) electrons. The Kier molecular flexibility index (Phi) is 4.65. The molecule has 1 saturated heterocycles. The SMILES string of the molecule is CC1(NS(=O)(=O)Cc2cccc(C(=O)O)c2)CCCOC1. The van der Waals surface area contributed by atoms with Gasteiger partial charge in [0.2, 0.25) is 10.0 Å². The third-order valence-corrected chi connectivity index (χ3v) is 4.89. The third kappa shape index (κ3) is 4.52. The Bertz CT molecular complexity index is 620. The van der Waals surface area contributed by atoms with E-state index in [1.54, 1.807) is 12.1 Å². The Balaban J connectivity index is 2.10. The van der Waals surface area contributed by atoms with E-state index in [4.69, 9.17) is 9.84 Å². The quantitative estimate of drug-likeness (QED) is 0.856. The predicted octanol–water partition coefficient (Wildman–Crippen LogP) is 1.37. The first-order valence-electron chi connectivity index (χ1n) is 6.71. The van der Waals surface area contributed by atoms with Gasteiger partial charge in [-0.1, -0.05) is 12.1 Å². The summed E-state index contributed by atoms with van der Waals surface area (Å²) in [6, 6.07) is 5.95. The van der Waals surface area contributed by atoms with E-state index >= 15 is 0 Å². The second kappa shape index (κ2) is 6.13. The summed E-state index contributed by atoms with van der Waals surface area (Å²) in [6.45, 7) is 2.82. The minimum atomic E-state index is -3.56. The molecule has 1 unspecified atom stereocenters. The molecule has 0 aromatic heterocycles. The van der Waals surface area contributed by atoms with Crippen LogP contribution in [-0.2, 0) is 20.5 Å². The molecule has 2 N–H and O–H groups in total. The standard InChI is InChI=1S/C14H19NO5S/c1-14(6-3-7-20-10-14)15-21(18,19)9-11-4-2-5-12(8-11)13(16)17/h2,4-5,8,15H,3,6-7,9-10H2,1H3,(H,16,17). The molecule has 0 saturated carbocycles. The average Bonchev–Trinajstić information content (AvgIpc) is 2.37. The second-order valence-electron chi connectivity index (χ2n) is 5.58. The Hall–Kier alpha value is -1.44. The highest BCUT2D eigenvalue weighted by atomic mass is 32.2. The van der Waals surface area contributed by atoms with Crippen LogP contribution >= 0.6 is 0 Å². The highest BCUT2D eigenvalue weighted by Gasteiger charge is 2.32. The molecule has 1 aromatic rings. The zero-order valence-corrected chi connectivity index (χ0v) is 12.6. The Labute approximate surface area is 124 Å². The molecule has 1 aliphatic heterocycles. The lowest BCUT2D eigenvalue weighted by Gasteiger charge is -2.33. The van der Waals surface area contributed by atoms with E-state index in [9.17, 15) is 13.2 Å². The molecule has 0 aliphatic carbocycles. The molecule has 1 aliphatic rings. The van der Waals surface area contributed by atoms with Gasteiger partial charge in [-0.05, 0) is 37.5 Å². The van der Waals surface area contributed by atoms with Gasteiger partial charge >= 0.3 is 5.97 Å². The fourth-order valence-electron chi connectivity index (χ4n) is 2.44. The normalized spacial score (nSPS) is 22.9. The summed E-state index contributed by atoms with van der Waals surface area (Å²) in [7, 11) is -3.56. The third-order valence-electron chi connectivity index (χ3n) is 3.37. The van der Waals surface area contributed by atoms with Crippen LogP contribution in [0, 0.1) is 0 Å². The van der Waals surface area contributed by atoms with E-state index in [-0.39, 0.29) is 11.3 Å². The maximum atomic E-state index is 12.2. The summed E-state index contributed by atoms with van der Waals surface area (Å²) in [4.78, 5) is 10.9. The van der Waals surface area contributed by atoms with Crippen molar-refractivity contribution < 1.29 is 23.1 Å². The van der Waals surface area contributed by atoms with Crippen molar-refractivity contribution in [2.45, 2.75) is 31.1 Å². The molecule has 1 atom stereocenters. The van der Waals surface area contributed by atoms with Crippen LogP contribution in [0.1, 0.15) is 35.7 Å². The summed E-state index contributed by atoms with van der Waals surface area (Å²) < 4.78 is 32.5. The van der Waals surface area contributed by atoms with E-state index in [0.717, 1.165) is 12.8 Å². The summed E-state index contributed by atoms with van der Waals surface area (Å²) in [5.74, 6) is -1.32. The van der Waals surface area contributed by atoms with Crippen LogP contribution in [0.4, 0.5) is 0 Å². The molecule has 1 heterocycles. The van der Waals surface area contributed by atoms with Crippen molar-refractivity contribution in [1.29, 1.82) is 0 Å². The van der Waals surface area contributed by atoms with Crippen molar-refractivity contribution >= 4 is 16.0 Å². The topological polar surface area (TPSA) is 92.7 Å². The second-order valence-corrected chi connectivity index (χ2v) is 7.31. The van der Waals surface area contributed by atoms with Gasteiger partial charge in [0.05, 0.1) is 23.5 Å². The smallest absolute Gasteiger partial charge is 0.335 e. The zero-order chi connectivity index (χ0) is 15.5. The van der Waals surface area contributed by atoms with Gasteiger partial charge < -0.3 is 9.84 Å². The number of benzene rings is 1. The van der Waals surface area contributed by atoms with Crippen molar-refractivity contribution in [2.24, 2.45) is 0 Å². The van der Waals surface area contributed by atoms with Crippen molar-refractivity contribution in [3.05, 3.63) is 35.4 Å². The van der Waals surface area contributed by atoms with E-state index in [1.807, 2.05) is 6.92 Å². The van der Waals surface area contributed by atoms with E-state index < -0.39 is 21.5 Å². The molecule has 116 valence electrons. The van der Waals surface area contributed by atoms with Crippen LogP contribution in [0.15, 0.2) is 24.3 Å². The van der Waals surface area contributed by atoms with Crippen molar-refractivity contribution in [1.82, 2.24) is 4.72 Å². The van der Waals surface area contributed by atoms with Crippen LogP contribution in [-0.4, -0.2) is 38.2 Å². The van der Waals surface area contributed by atoms with E-state index in [0.29, 0.717) is 18.8 Å². The van der Waals surface area contributed by atoms with Gasteiger partial charge in [0.25, 0.3) is 0 Å². The minimum absolute atomic E-state index is 0.0786. The largest absolute Gasteiger partial charge is 0.478 e. The molecule has 2 rings (SSSR count). The molecule has 1 fully saturated rings. The number of aromatic carboxylic acids is 1. The summed E-state index contributed by atoms with van der Waals surface area (Å²) >= 11 is 0. The zero-order valence-electron chi connectivity index (χ0n) is 11.8. The Morgan fingerprint density at radius 2 is 2.24 bits per heavy atom. The maximum Gasteiger partial charge on any atom is 0.335 e. The minimum Gasteiger partial charge on any atom is -0.478 e. The maximum absolute atomic E-state index is 12.2. The molecule has 0 amide bonds. The first kappa shape index (κ1) is 15.9. The average molecular weight is 313 g/mol. The number of nitrogens with one attached hydrogen (secondary N) is 1. The van der Waals surface area contributed by atoms with Gasteiger partial charge in [0, 0.05) is 6.61 Å². The molecule has 0 spiro atoms. The first-order valence-corrected chi connectivity index (χ1v) is 8.37. The fraction of sp³-hybridized carbons (Fsp3) is 0.500. The van der Waals surface area contributed by atoms with Gasteiger partial charge in [0.15, 0.2) is 0 Å². The summed E-state index contributed by atoms with van der Waals surface area (Å²) in [5.41, 5.74) is -0.0702. The molecule has 21 heavy (non-hydrogen) atoms. The van der Waals surface area contributed by atoms with Gasteiger partial charge in [-0.2, -0.15) is 0 Å². The lowest BCUT2D eigenvalue weighted by atomic mass is 9.97. The van der Waals surface area contributed by atoms with Crippen LogP contribution in [0.5, 0.6) is 0 Å². The summed E-state index contributed by atoms with van der Waals surface area (Å²) in [5, 5.41) is 8.93. The highest BCUT2D eigenvalue weighted by molar-refractivity contribution is 7.88. The van der Waals surface area contributed by atoms with Crippen molar-refractivity contribution in [2.75, 3.05) is 13.2 Å². The molecule has 6 nitrogen and oxygen atoms in total. The van der Waals surface area contributed by atoms with Crippen LogP contribution in [0.2, 0.25) is 0 Å². The molecule has 0 bridgehead atoms. The van der Waals surface area contributed by atoms with Crippen molar-refractivity contribution in [3.63, 3.8) is 0 Å². The Morgan fingerprint density at radius 3 is 2.86 bits per heavy atom.